The van der Waals surface area contributed by atoms with Gasteiger partial charge in [0, 0.05) is 6.08 Å². The molecule has 9 heavy (non-hydrogen) atoms. The monoisotopic (exact) mass is 127 g/mol. The maximum Gasteiger partial charge on any atom is 0.378 e. The molecule has 0 amide bonds. The van der Waals surface area contributed by atoms with E-state index in [-0.39, 0.29) is 5.41 Å². The number of allylic oxidation sites excluding steroid dienone is 1. The summed E-state index contributed by atoms with van der Waals surface area (Å²) in [5.41, 5.74) is -0.0694. The molecule has 0 atom stereocenters. The van der Waals surface area contributed by atoms with Crippen molar-refractivity contribution in [3.05, 3.63) is 12.2 Å². The quantitative estimate of drug-likeness (QED) is 0.492. The summed E-state index contributed by atoms with van der Waals surface area (Å²) in [6.07, 6.45) is 2.66. The SMILES string of the molecule is CC(C)(C)/C=C/C([O])=O. The topological polar surface area (TPSA) is 37.0 Å². The molecule has 0 aromatic heterocycles. The number of hydrogen-bond donors (Lipinski definition) is 0. The Bertz CT molecular complexity index is 128. The van der Waals surface area contributed by atoms with Crippen molar-refractivity contribution >= 4 is 5.97 Å². The van der Waals surface area contributed by atoms with Crippen LogP contribution in [-0.2, 0) is 9.90 Å². The molecule has 51 valence electrons. The smallest absolute Gasteiger partial charge is 0.242 e. The predicted octanol–water partition coefficient (Wildman–Crippen LogP) is 1.55. The summed E-state index contributed by atoms with van der Waals surface area (Å²) in [4.78, 5) is 9.85. The molecule has 0 fully saturated rings. The highest BCUT2D eigenvalue weighted by molar-refractivity contribution is 5.79. The second kappa shape index (κ2) is 2.67. The molecular weight excluding hydrogens is 116 g/mol. The Morgan fingerprint density at radius 3 is 1.89 bits per heavy atom. The second-order valence-electron chi connectivity index (χ2n) is 3.02. The van der Waals surface area contributed by atoms with Gasteiger partial charge in [-0.05, 0) is 5.41 Å². The highest BCUT2D eigenvalue weighted by Crippen LogP contribution is 2.13. The van der Waals surface area contributed by atoms with Crippen LogP contribution in [0, 0.1) is 5.41 Å². The van der Waals surface area contributed by atoms with E-state index in [0.717, 1.165) is 6.08 Å². The summed E-state index contributed by atoms with van der Waals surface area (Å²) in [5.74, 6) is -1.13. The van der Waals surface area contributed by atoms with E-state index >= 15 is 0 Å². The molecule has 0 aromatic rings. The van der Waals surface area contributed by atoms with Gasteiger partial charge >= 0.3 is 5.97 Å². The molecule has 0 saturated carbocycles. The molecule has 1 radical (unpaired) electrons. The van der Waals surface area contributed by atoms with Crippen LogP contribution < -0.4 is 0 Å². The van der Waals surface area contributed by atoms with E-state index in [4.69, 9.17) is 0 Å². The van der Waals surface area contributed by atoms with E-state index in [0.29, 0.717) is 0 Å². The van der Waals surface area contributed by atoms with Crippen molar-refractivity contribution in [3.8, 4) is 0 Å². The molecule has 0 N–H and O–H groups in total. The zero-order valence-electron chi connectivity index (χ0n) is 5.97. The van der Waals surface area contributed by atoms with E-state index in [1.807, 2.05) is 20.8 Å². The molecule has 0 heterocycles. The lowest BCUT2D eigenvalue weighted by atomic mass is 9.96. The molecule has 0 bridgehead atoms. The highest BCUT2D eigenvalue weighted by Gasteiger charge is 2.04. The molecule has 2 heteroatoms. The number of carbonyl (C=O) groups is 1. The second-order valence-corrected chi connectivity index (χ2v) is 3.02. The van der Waals surface area contributed by atoms with Crippen LogP contribution >= 0.6 is 0 Å². The van der Waals surface area contributed by atoms with Gasteiger partial charge in [-0.3, -0.25) is 0 Å². The van der Waals surface area contributed by atoms with Crippen molar-refractivity contribution in [2.45, 2.75) is 20.8 Å². The van der Waals surface area contributed by atoms with Gasteiger partial charge in [-0.1, -0.05) is 26.8 Å². The van der Waals surface area contributed by atoms with Crippen LogP contribution in [0.25, 0.3) is 0 Å². The third kappa shape index (κ3) is 7.21. The van der Waals surface area contributed by atoms with Crippen molar-refractivity contribution in [1.29, 1.82) is 0 Å². The van der Waals surface area contributed by atoms with E-state index in [1.54, 1.807) is 6.08 Å². The first kappa shape index (κ1) is 8.21. The van der Waals surface area contributed by atoms with Crippen LogP contribution in [0.15, 0.2) is 12.2 Å². The summed E-state index contributed by atoms with van der Waals surface area (Å²) < 4.78 is 0. The Balaban J connectivity index is 3.86. The van der Waals surface area contributed by atoms with Gasteiger partial charge in [0.25, 0.3) is 0 Å². The zero-order chi connectivity index (χ0) is 7.49. The third-order valence-corrected chi connectivity index (χ3v) is 0.719. The normalized spacial score (nSPS) is 12.3. The molecule has 0 spiro atoms. The van der Waals surface area contributed by atoms with Gasteiger partial charge in [-0.15, -0.1) is 0 Å². The van der Waals surface area contributed by atoms with Gasteiger partial charge in [0.05, 0.1) is 0 Å². The molecule has 0 aromatic carbocycles. The lowest BCUT2D eigenvalue weighted by Gasteiger charge is -2.09. The van der Waals surface area contributed by atoms with Crippen molar-refractivity contribution in [2.75, 3.05) is 0 Å². The Hall–Kier alpha value is -0.790. The third-order valence-electron chi connectivity index (χ3n) is 0.719. The summed E-state index contributed by atoms with van der Waals surface area (Å²) in [6, 6.07) is 0. The van der Waals surface area contributed by atoms with Crippen molar-refractivity contribution < 1.29 is 9.90 Å². The molecule has 0 aliphatic heterocycles. The molecule has 0 aliphatic rings. The fourth-order valence-corrected chi connectivity index (χ4v) is 0.318. The standard InChI is InChI=1S/C7H11O2/c1-7(2,3)5-4-6(8)9/h4-5H,1-3H3/b5-4+. The van der Waals surface area contributed by atoms with Crippen LogP contribution in [0.1, 0.15) is 20.8 Å². The summed E-state index contributed by atoms with van der Waals surface area (Å²) in [7, 11) is 0. The Labute approximate surface area is 55.2 Å². The van der Waals surface area contributed by atoms with Gasteiger partial charge in [-0.2, -0.15) is 0 Å². The lowest BCUT2D eigenvalue weighted by Crippen LogP contribution is -2.00. The van der Waals surface area contributed by atoms with Crippen molar-refractivity contribution in [2.24, 2.45) is 5.41 Å². The zero-order valence-corrected chi connectivity index (χ0v) is 5.97. The first-order valence-corrected chi connectivity index (χ1v) is 2.82. The number of rotatable bonds is 1. The molecule has 0 aliphatic carbocycles. The van der Waals surface area contributed by atoms with Gasteiger partial charge in [0.15, 0.2) is 0 Å². The van der Waals surface area contributed by atoms with Crippen LogP contribution in [0.5, 0.6) is 0 Å². The van der Waals surface area contributed by atoms with Crippen molar-refractivity contribution in [3.63, 3.8) is 0 Å². The largest absolute Gasteiger partial charge is 0.378 e. The van der Waals surface area contributed by atoms with Gasteiger partial charge in [-0.25, -0.2) is 9.90 Å². The average Bonchev–Trinajstić information content (AvgIpc) is 1.59. The molecule has 0 saturated heterocycles. The maximum atomic E-state index is 9.85. The predicted molar refractivity (Wildman–Crippen MR) is 34.3 cm³/mol. The van der Waals surface area contributed by atoms with E-state index in [9.17, 15) is 9.90 Å². The fourth-order valence-electron chi connectivity index (χ4n) is 0.318. The maximum absolute atomic E-state index is 9.85. The van der Waals surface area contributed by atoms with E-state index in [1.165, 1.54) is 0 Å². The summed E-state index contributed by atoms with van der Waals surface area (Å²) in [6.45, 7) is 5.77. The fraction of sp³-hybridized carbons (Fsp3) is 0.571. The molecule has 2 nitrogen and oxygen atoms in total. The minimum atomic E-state index is -1.13. The van der Waals surface area contributed by atoms with Crippen LogP contribution in [0.4, 0.5) is 0 Å². The minimum absolute atomic E-state index is 0.0694. The summed E-state index contributed by atoms with van der Waals surface area (Å²) in [5, 5.41) is 9.85. The Morgan fingerprint density at radius 2 is 1.78 bits per heavy atom. The molecule has 0 unspecified atom stereocenters. The van der Waals surface area contributed by atoms with Crippen LogP contribution in [-0.4, -0.2) is 5.97 Å². The minimum Gasteiger partial charge on any atom is -0.242 e. The number of carbonyl (C=O) groups excluding carboxylic acids is 1. The highest BCUT2D eigenvalue weighted by atomic mass is 16.4. The summed E-state index contributed by atoms with van der Waals surface area (Å²) >= 11 is 0. The molecular formula is C7H11O2. The van der Waals surface area contributed by atoms with Gasteiger partial charge < -0.3 is 0 Å². The number of hydrogen-bond acceptors (Lipinski definition) is 1. The average molecular weight is 127 g/mol. The van der Waals surface area contributed by atoms with Crippen LogP contribution in [0.3, 0.4) is 0 Å². The first-order chi connectivity index (χ1) is 3.92. The molecule has 0 rings (SSSR count). The Kier molecular flexibility index (Phi) is 2.43. The van der Waals surface area contributed by atoms with Crippen LogP contribution in [0.2, 0.25) is 0 Å². The van der Waals surface area contributed by atoms with Gasteiger partial charge in [0.1, 0.15) is 0 Å². The van der Waals surface area contributed by atoms with Crippen molar-refractivity contribution in [1.82, 2.24) is 0 Å². The lowest BCUT2D eigenvalue weighted by molar-refractivity contribution is -0.137. The van der Waals surface area contributed by atoms with E-state index in [2.05, 4.69) is 0 Å². The van der Waals surface area contributed by atoms with Gasteiger partial charge in [0.2, 0.25) is 0 Å². The first-order valence-electron chi connectivity index (χ1n) is 2.82. The Morgan fingerprint density at radius 1 is 1.33 bits per heavy atom. The van der Waals surface area contributed by atoms with E-state index < -0.39 is 5.97 Å².